The molecule has 8 nitrogen and oxygen atoms in total. The number of amides is 1. The number of nitrogens with zero attached hydrogens (tertiary/aromatic N) is 2. The molecule has 0 radical (unpaired) electrons. The van der Waals surface area contributed by atoms with Crippen LogP contribution >= 0.6 is 0 Å². The summed E-state index contributed by atoms with van der Waals surface area (Å²) in [6.45, 7) is 4.42. The highest BCUT2D eigenvalue weighted by Gasteiger charge is 2.31. The van der Waals surface area contributed by atoms with Crippen molar-refractivity contribution in [1.82, 2.24) is 15.1 Å². The third-order valence-corrected chi connectivity index (χ3v) is 3.33. The van der Waals surface area contributed by atoms with Gasteiger partial charge < -0.3 is 15.5 Å². The summed E-state index contributed by atoms with van der Waals surface area (Å²) in [5, 5.41) is 25.0. The van der Waals surface area contributed by atoms with E-state index in [0.29, 0.717) is 5.69 Å². The number of aromatic nitrogens is 2. The molecule has 126 valence electrons. The molecule has 0 saturated carbocycles. The number of hydrogen-bond acceptors (Lipinski definition) is 5. The van der Waals surface area contributed by atoms with E-state index in [2.05, 4.69) is 10.4 Å². The number of carboxylic acid groups (broad SMARTS) is 1. The van der Waals surface area contributed by atoms with Gasteiger partial charge in [-0.05, 0) is 38.5 Å². The lowest BCUT2D eigenvalue weighted by atomic mass is 10.1. The van der Waals surface area contributed by atoms with Gasteiger partial charge in [0.05, 0.1) is 5.69 Å². The van der Waals surface area contributed by atoms with Gasteiger partial charge in [0.1, 0.15) is 5.54 Å². The predicted octanol–water partition coefficient (Wildman–Crippen LogP) is 0.840. The van der Waals surface area contributed by atoms with E-state index in [1.165, 1.54) is 13.8 Å². The summed E-state index contributed by atoms with van der Waals surface area (Å²) in [5.74, 6) is -2.77. The van der Waals surface area contributed by atoms with Gasteiger partial charge in [-0.25, -0.2) is 4.79 Å². The Morgan fingerprint density at radius 3 is 2.50 bits per heavy atom. The van der Waals surface area contributed by atoms with Crippen molar-refractivity contribution < 1.29 is 19.8 Å². The van der Waals surface area contributed by atoms with E-state index in [1.807, 2.05) is 13.0 Å². The third-order valence-electron chi connectivity index (χ3n) is 3.33. The fraction of sp³-hybridized carbons (Fsp3) is 0.250. The number of carbonyl (C=O) groups excluding carboxylic acids is 1. The molecule has 0 saturated heterocycles. The van der Waals surface area contributed by atoms with Crippen molar-refractivity contribution in [3.8, 4) is 11.4 Å². The van der Waals surface area contributed by atoms with Crippen molar-refractivity contribution in [2.24, 2.45) is 0 Å². The minimum Gasteiger partial charge on any atom is -0.505 e. The van der Waals surface area contributed by atoms with Crippen molar-refractivity contribution in [2.45, 2.75) is 26.3 Å². The molecule has 1 aromatic carbocycles. The quantitative estimate of drug-likeness (QED) is 0.763. The van der Waals surface area contributed by atoms with Crippen LogP contribution < -0.4 is 10.9 Å². The molecule has 0 aliphatic heterocycles. The lowest BCUT2D eigenvalue weighted by molar-refractivity contribution is -0.143. The minimum absolute atomic E-state index is 0.423. The average Bonchev–Trinajstić information content (AvgIpc) is 2.46. The molecule has 1 heterocycles. The highest BCUT2D eigenvalue weighted by atomic mass is 16.4. The molecule has 1 amide bonds. The summed E-state index contributed by atoms with van der Waals surface area (Å²) >= 11 is 0. The molecule has 0 atom stereocenters. The maximum atomic E-state index is 12.2. The monoisotopic (exact) mass is 331 g/mol. The number of nitrogens with one attached hydrogen (secondary N) is 1. The third kappa shape index (κ3) is 3.43. The number of aryl methyl sites for hydroxylation is 1. The Kier molecular flexibility index (Phi) is 4.41. The Morgan fingerprint density at radius 1 is 1.25 bits per heavy atom. The molecule has 0 unspecified atom stereocenters. The van der Waals surface area contributed by atoms with Crippen molar-refractivity contribution in [3.05, 3.63) is 51.9 Å². The molecule has 24 heavy (non-hydrogen) atoms. The summed E-state index contributed by atoms with van der Waals surface area (Å²) in [6.07, 6.45) is 0. The number of benzene rings is 1. The topological polar surface area (TPSA) is 122 Å². The Morgan fingerprint density at radius 2 is 1.92 bits per heavy atom. The van der Waals surface area contributed by atoms with Gasteiger partial charge in [0, 0.05) is 6.07 Å². The molecule has 0 spiro atoms. The second-order valence-electron chi connectivity index (χ2n) is 5.85. The van der Waals surface area contributed by atoms with Gasteiger partial charge >= 0.3 is 5.97 Å². The second-order valence-corrected chi connectivity index (χ2v) is 5.85. The van der Waals surface area contributed by atoms with E-state index in [-0.39, 0.29) is 0 Å². The van der Waals surface area contributed by atoms with Crippen LogP contribution in [-0.4, -0.2) is 37.4 Å². The fourth-order valence-corrected chi connectivity index (χ4v) is 1.95. The lowest BCUT2D eigenvalue weighted by Gasteiger charge is -2.21. The molecule has 8 heteroatoms. The summed E-state index contributed by atoms with van der Waals surface area (Å²) in [6, 6.07) is 7.73. The summed E-state index contributed by atoms with van der Waals surface area (Å²) < 4.78 is 0.968. The molecule has 0 fully saturated rings. The zero-order valence-corrected chi connectivity index (χ0v) is 13.4. The normalized spacial score (nSPS) is 11.1. The van der Waals surface area contributed by atoms with Gasteiger partial charge in [-0.2, -0.15) is 9.78 Å². The van der Waals surface area contributed by atoms with Gasteiger partial charge in [0.15, 0.2) is 11.4 Å². The molecule has 1 aromatic heterocycles. The lowest BCUT2D eigenvalue weighted by Crippen LogP contribution is -2.50. The Balaban J connectivity index is 2.49. The minimum atomic E-state index is -1.56. The van der Waals surface area contributed by atoms with E-state index in [0.717, 1.165) is 16.3 Å². The van der Waals surface area contributed by atoms with Crippen LogP contribution in [0.5, 0.6) is 5.75 Å². The maximum Gasteiger partial charge on any atom is 0.328 e. The van der Waals surface area contributed by atoms with Gasteiger partial charge in [-0.1, -0.05) is 12.1 Å². The van der Waals surface area contributed by atoms with Crippen LogP contribution in [0.15, 0.2) is 35.1 Å². The molecule has 2 aromatic rings. The summed E-state index contributed by atoms with van der Waals surface area (Å²) in [4.78, 5) is 35.4. The highest BCUT2D eigenvalue weighted by molar-refractivity contribution is 5.97. The largest absolute Gasteiger partial charge is 0.505 e. The fourth-order valence-electron chi connectivity index (χ4n) is 1.95. The van der Waals surface area contributed by atoms with E-state index >= 15 is 0 Å². The van der Waals surface area contributed by atoms with Crippen molar-refractivity contribution in [2.75, 3.05) is 0 Å². The standard InChI is InChI=1S/C16H17N3O5/c1-9-5-4-6-10(7-9)19-12(21)8-11(20)13(18-19)14(22)17-16(2,3)15(23)24/h4-8,20H,1-3H3,(H,17,22)(H,23,24). The van der Waals surface area contributed by atoms with Crippen molar-refractivity contribution >= 4 is 11.9 Å². The number of carbonyl (C=O) groups is 2. The van der Waals surface area contributed by atoms with Crippen LogP contribution in [0.4, 0.5) is 0 Å². The van der Waals surface area contributed by atoms with Crippen LogP contribution in [0.1, 0.15) is 29.9 Å². The van der Waals surface area contributed by atoms with E-state index in [1.54, 1.807) is 18.2 Å². The number of rotatable bonds is 4. The maximum absolute atomic E-state index is 12.2. The number of aliphatic carboxylic acids is 1. The highest BCUT2D eigenvalue weighted by Crippen LogP contribution is 2.15. The molecule has 2 rings (SSSR count). The molecule has 3 N–H and O–H groups in total. The first-order chi connectivity index (χ1) is 11.1. The zero-order valence-electron chi connectivity index (χ0n) is 13.4. The summed E-state index contributed by atoms with van der Waals surface area (Å²) in [5.41, 5.74) is -1.31. The first kappa shape index (κ1) is 17.2. The smallest absolute Gasteiger partial charge is 0.328 e. The van der Waals surface area contributed by atoms with Gasteiger partial charge in [-0.3, -0.25) is 9.59 Å². The van der Waals surface area contributed by atoms with Crippen LogP contribution in [0.2, 0.25) is 0 Å². The van der Waals surface area contributed by atoms with Gasteiger partial charge in [0.25, 0.3) is 11.5 Å². The predicted molar refractivity (Wildman–Crippen MR) is 85.4 cm³/mol. The van der Waals surface area contributed by atoms with E-state index < -0.39 is 34.4 Å². The van der Waals surface area contributed by atoms with E-state index in [9.17, 15) is 19.5 Å². The van der Waals surface area contributed by atoms with Crippen LogP contribution in [0.25, 0.3) is 5.69 Å². The van der Waals surface area contributed by atoms with E-state index in [4.69, 9.17) is 5.11 Å². The first-order valence-electron chi connectivity index (χ1n) is 7.08. The zero-order chi connectivity index (χ0) is 18.1. The van der Waals surface area contributed by atoms with Gasteiger partial charge in [0.2, 0.25) is 0 Å². The van der Waals surface area contributed by atoms with Crippen molar-refractivity contribution in [1.29, 1.82) is 0 Å². The first-order valence-corrected chi connectivity index (χ1v) is 7.08. The number of carboxylic acids is 1. The molecular formula is C16H17N3O5. The summed E-state index contributed by atoms with van der Waals surface area (Å²) in [7, 11) is 0. The molecule has 0 bridgehead atoms. The van der Waals surface area contributed by atoms with Crippen LogP contribution in [0, 0.1) is 6.92 Å². The molecule has 0 aliphatic rings. The molecule has 0 aliphatic carbocycles. The number of aromatic hydroxyl groups is 1. The Bertz CT molecular complexity index is 870. The second kappa shape index (κ2) is 6.15. The Hall–Kier alpha value is -3.16. The number of hydrogen-bond donors (Lipinski definition) is 3. The molecular weight excluding hydrogens is 314 g/mol. The average molecular weight is 331 g/mol. The SMILES string of the molecule is Cc1cccc(-n2nc(C(=O)NC(C)(C)C(=O)O)c(O)cc2=O)c1. The van der Waals surface area contributed by atoms with Crippen LogP contribution in [0.3, 0.4) is 0 Å². The van der Waals surface area contributed by atoms with Gasteiger partial charge in [-0.15, -0.1) is 0 Å². The Labute approximate surface area is 137 Å². The van der Waals surface area contributed by atoms with Crippen molar-refractivity contribution in [3.63, 3.8) is 0 Å². The van der Waals surface area contributed by atoms with Crippen LogP contribution in [-0.2, 0) is 4.79 Å².